The summed E-state index contributed by atoms with van der Waals surface area (Å²) in [6.07, 6.45) is 1.11. The van der Waals surface area contributed by atoms with Crippen molar-refractivity contribution in [3.8, 4) is 0 Å². The minimum atomic E-state index is 0.156. The van der Waals surface area contributed by atoms with E-state index in [0.29, 0.717) is 5.92 Å². The maximum absolute atomic E-state index is 4.85. The highest BCUT2D eigenvalue weighted by atomic mass is 32.1. The Labute approximate surface area is 116 Å². The van der Waals surface area contributed by atoms with Gasteiger partial charge in [0.25, 0.3) is 0 Å². The van der Waals surface area contributed by atoms with Gasteiger partial charge in [0.1, 0.15) is 0 Å². The second-order valence-corrected chi connectivity index (χ2v) is 6.78. The van der Waals surface area contributed by atoms with Crippen LogP contribution in [0.25, 0.3) is 0 Å². The van der Waals surface area contributed by atoms with Crippen molar-refractivity contribution in [2.24, 2.45) is 0 Å². The van der Waals surface area contributed by atoms with E-state index in [2.05, 4.69) is 51.9 Å². The Hall–Kier alpha value is -0.610. The van der Waals surface area contributed by atoms with Gasteiger partial charge >= 0.3 is 0 Å². The van der Waals surface area contributed by atoms with Gasteiger partial charge in [0, 0.05) is 24.0 Å². The highest BCUT2D eigenvalue weighted by Gasteiger charge is 2.25. The smallest absolute Gasteiger partial charge is 0.186 e. The molecule has 1 aromatic rings. The number of hydrogen-bond acceptors (Lipinski definition) is 4. The first-order valence-electron chi connectivity index (χ1n) is 6.71. The SMILES string of the molecule is CCC(C)(C)N(C)c1nc(C(C)C)c(CNC)s1. The van der Waals surface area contributed by atoms with Gasteiger partial charge in [0.15, 0.2) is 5.13 Å². The van der Waals surface area contributed by atoms with Gasteiger partial charge in [0.05, 0.1) is 5.69 Å². The summed E-state index contributed by atoms with van der Waals surface area (Å²) < 4.78 is 0. The Morgan fingerprint density at radius 1 is 1.39 bits per heavy atom. The Kier molecular flexibility index (Phi) is 5.17. The van der Waals surface area contributed by atoms with Crippen LogP contribution in [0.5, 0.6) is 0 Å². The lowest BCUT2D eigenvalue weighted by Gasteiger charge is -2.34. The number of rotatable bonds is 6. The molecule has 0 unspecified atom stereocenters. The van der Waals surface area contributed by atoms with Gasteiger partial charge in [0.2, 0.25) is 0 Å². The largest absolute Gasteiger partial charge is 0.346 e. The number of aromatic nitrogens is 1. The number of anilines is 1. The zero-order valence-electron chi connectivity index (χ0n) is 12.8. The third-order valence-electron chi connectivity index (χ3n) is 3.66. The summed E-state index contributed by atoms with van der Waals surface area (Å²) in [7, 11) is 4.14. The average Bonchev–Trinajstić information content (AvgIpc) is 2.72. The van der Waals surface area contributed by atoms with Gasteiger partial charge in [-0.25, -0.2) is 4.98 Å². The average molecular weight is 269 g/mol. The molecule has 3 nitrogen and oxygen atoms in total. The van der Waals surface area contributed by atoms with E-state index in [0.717, 1.165) is 18.1 Å². The number of nitrogens with one attached hydrogen (secondary N) is 1. The van der Waals surface area contributed by atoms with Crippen LogP contribution in [0.2, 0.25) is 0 Å². The molecule has 1 aromatic heterocycles. The van der Waals surface area contributed by atoms with E-state index in [1.54, 1.807) is 0 Å². The first kappa shape index (κ1) is 15.4. The summed E-state index contributed by atoms with van der Waals surface area (Å²) in [5, 5.41) is 4.37. The maximum Gasteiger partial charge on any atom is 0.186 e. The summed E-state index contributed by atoms with van der Waals surface area (Å²) in [6.45, 7) is 12.1. The van der Waals surface area contributed by atoms with Gasteiger partial charge in [-0.15, -0.1) is 11.3 Å². The Bertz CT molecular complexity index is 382. The molecule has 1 N–H and O–H groups in total. The standard InChI is InChI=1S/C14H27N3S/c1-8-14(4,5)17(7)13-16-12(10(2)3)11(18-13)9-15-6/h10,15H,8-9H2,1-7H3. The zero-order chi connectivity index (χ0) is 13.9. The van der Waals surface area contributed by atoms with Crippen LogP contribution in [0.3, 0.4) is 0 Å². The Morgan fingerprint density at radius 3 is 2.44 bits per heavy atom. The predicted octanol–water partition coefficient (Wildman–Crippen LogP) is 3.61. The first-order chi connectivity index (χ1) is 8.33. The monoisotopic (exact) mass is 269 g/mol. The van der Waals surface area contributed by atoms with Gasteiger partial charge < -0.3 is 10.2 Å². The Morgan fingerprint density at radius 2 is 2.00 bits per heavy atom. The molecule has 0 atom stereocenters. The second-order valence-electron chi connectivity index (χ2n) is 5.71. The van der Waals surface area contributed by atoms with Crippen molar-refractivity contribution in [3.63, 3.8) is 0 Å². The van der Waals surface area contributed by atoms with E-state index in [-0.39, 0.29) is 5.54 Å². The lowest BCUT2D eigenvalue weighted by Crippen LogP contribution is -2.40. The van der Waals surface area contributed by atoms with Crippen LogP contribution in [-0.4, -0.2) is 24.6 Å². The van der Waals surface area contributed by atoms with Crippen LogP contribution < -0.4 is 10.2 Å². The zero-order valence-corrected chi connectivity index (χ0v) is 13.6. The first-order valence-corrected chi connectivity index (χ1v) is 7.53. The van der Waals surface area contributed by atoms with E-state index in [1.807, 2.05) is 18.4 Å². The van der Waals surface area contributed by atoms with Crippen LogP contribution in [-0.2, 0) is 6.54 Å². The normalized spacial score (nSPS) is 12.2. The molecule has 1 heterocycles. The maximum atomic E-state index is 4.85. The molecular weight excluding hydrogens is 242 g/mol. The van der Waals surface area contributed by atoms with E-state index in [4.69, 9.17) is 4.98 Å². The van der Waals surface area contributed by atoms with Crippen LogP contribution in [0.15, 0.2) is 0 Å². The fourth-order valence-corrected chi connectivity index (χ4v) is 3.08. The van der Waals surface area contributed by atoms with Gasteiger partial charge in [-0.1, -0.05) is 20.8 Å². The molecule has 0 amide bonds. The van der Waals surface area contributed by atoms with Crippen molar-refractivity contribution in [1.29, 1.82) is 0 Å². The molecule has 0 aliphatic rings. The lowest BCUT2D eigenvalue weighted by atomic mass is 10.0. The fourth-order valence-electron chi connectivity index (χ4n) is 1.73. The number of nitrogens with zero attached hydrogens (tertiary/aromatic N) is 2. The molecule has 104 valence electrons. The van der Waals surface area contributed by atoms with E-state index < -0.39 is 0 Å². The molecular formula is C14H27N3S. The van der Waals surface area contributed by atoms with Crippen molar-refractivity contribution in [3.05, 3.63) is 10.6 Å². The van der Waals surface area contributed by atoms with Crippen molar-refractivity contribution in [2.45, 2.75) is 59.0 Å². The van der Waals surface area contributed by atoms with Crippen molar-refractivity contribution >= 4 is 16.5 Å². The topological polar surface area (TPSA) is 28.2 Å². The predicted molar refractivity (Wildman–Crippen MR) is 81.7 cm³/mol. The molecule has 0 saturated heterocycles. The van der Waals surface area contributed by atoms with Crippen LogP contribution >= 0.6 is 11.3 Å². The molecule has 1 rings (SSSR count). The van der Waals surface area contributed by atoms with Crippen molar-refractivity contribution in [1.82, 2.24) is 10.3 Å². The summed E-state index contributed by atoms with van der Waals surface area (Å²) in [6, 6.07) is 0. The van der Waals surface area contributed by atoms with Crippen molar-refractivity contribution < 1.29 is 0 Å². The molecule has 0 aromatic carbocycles. The second kappa shape index (κ2) is 6.02. The van der Waals surface area contributed by atoms with E-state index in [1.165, 1.54) is 10.6 Å². The molecule has 0 saturated carbocycles. The molecule has 4 heteroatoms. The number of hydrogen-bond donors (Lipinski definition) is 1. The summed E-state index contributed by atoms with van der Waals surface area (Å²) in [5.41, 5.74) is 1.39. The molecule has 0 spiro atoms. The van der Waals surface area contributed by atoms with Crippen LogP contribution in [0, 0.1) is 0 Å². The highest BCUT2D eigenvalue weighted by Crippen LogP contribution is 2.33. The van der Waals surface area contributed by atoms with Gasteiger partial charge in [-0.2, -0.15) is 0 Å². The molecule has 0 aliphatic carbocycles. The van der Waals surface area contributed by atoms with E-state index >= 15 is 0 Å². The molecule has 0 bridgehead atoms. The molecule has 18 heavy (non-hydrogen) atoms. The Balaban J connectivity index is 3.07. The lowest BCUT2D eigenvalue weighted by molar-refractivity contribution is 0.469. The molecule has 0 radical (unpaired) electrons. The summed E-state index contributed by atoms with van der Waals surface area (Å²) >= 11 is 1.82. The quantitative estimate of drug-likeness (QED) is 0.855. The molecule has 0 aliphatic heterocycles. The van der Waals surface area contributed by atoms with Gasteiger partial charge in [-0.05, 0) is 33.2 Å². The third-order valence-corrected chi connectivity index (χ3v) is 4.81. The van der Waals surface area contributed by atoms with Crippen LogP contribution in [0.4, 0.5) is 5.13 Å². The highest BCUT2D eigenvalue weighted by molar-refractivity contribution is 7.15. The van der Waals surface area contributed by atoms with Crippen LogP contribution in [0.1, 0.15) is 57.5 Å². The summed E-state index contributed by atoms with van der Waals surface area (Å²) in [5.74, 6) is 0.483. The van der Waals surface area contributed by atoms with E-state index in [9.17, 15) is 0 Å². The van der Waals surface area contributed by atoms with Gasteiger partial charge in [-0.3, -0.25) is 0 Å². The molecule has 0 fully saturated rings. The number of thiazole rings is 1. The third kappa shape index (κ3) is 3.23. The minimum Gasteiger partial charge on any atom is -0.346 e. The minimum absolute atomic E-state index is 0.156. The summed E-state index contributed by atoms with van der Waals surface area (Å²) in [4.78, 5) is 8.52. The fraction of sp³-hybridized carbons (Fsp3) is 0.786. The van der Waals surface area contributed by atoms with Crippen molar-refractivity contribution in [2.75, 3.05) is 19.0 Å².